The van der Waals surface area contributed by atoms with Crippen molar-refractivity contribution in [2.45, 2.75) is 4.90 Å². The van der Waals surface area contributed by atoms with E-state index in [2.05, 4.69) is 0 Å². The monoisotopic (exact) mass is 367 g/mol. The Kier molecular flexibility index (Phi) is 6.49. The molecule has 2 rings (SSSR count). The number of para-hydroxylation sites is 1. The summed E-state index contributed by atoms with van der Waals surface area (Å²) in [6.07, 6.45) is 0. The summed E-state index contributed by atoms with van der Waals surface area (Å²) < 4.78 is 48.6. The topological polar surface area (TPSA) is 72.9 Å². The number of likely N-dealkylation sites (N-methyl/N-ethyl adjacent to an activating group) is 1. The van der Waals surface area contributed by atoms with Crippen LogP contribution in [0.15, 0.2) is 59.5 Å². The highest BCUT2D eigenvalue weighted by atomic mass is 32.2. The lowest BCUT2D eigenvalue weighted by Crippen LogP contribution is -2.33. The summed E-state index contributed by atoms with van der Waals surface area (Å²) in [5.74, 6) is -0.598. The van der Waals surface area contributed by atoms with Gasteiger partial charge in [-0.05, 0) is 36.4 Å². The molecular formula is C17H18FNO5S. The van der Waals surface area contributed by atoms with Gasteiger partial charge in [-0.15, -0.1) is 0 Å². The Hall–Kier alpha value is -2.45. The molecule has 0 bridgehead atoms. The molecule has 0 heterocycles. The van der Waals surface area contributed by atoms with Crippen LogP contribution in [0.4, 0.5) is 4.39 Å². The standard InChI is InChI=1S/C17H18FNO5S/c1-19(25(21,22)16-9-7-14(18)8-10-16)13-17(20)24-12-11-23-15-5-3-2-4-6-15/h2-10H,11-13H2,1H3. The number of hydrogen-bond acceptors (Lipinski definition) is 5. The van der Waals surface area contributed by atoms with Crippen molar-refractivity contribution < 1.29 is 27.1 Å². The van der Waals surface area contributed by atoms with Crippen molar-refractivity contribution in [2.24, 2.45) is 0 Å². The lowest BCUT2D eigenvalue weighted by molar-refractivity contribution is -0.144. The third kappa shape index (κ3) is 5.54. The van der Waals surface area contributed by atoms with Crippen LogP contribution in [0.5, 0.6) is 5.75 Å². The Balaban J connectivity index is 1.80. The molecule has 0 N–H and O–H groups in total. The van der Waals surface area contributed by atoms with Crippen molar-refractivity contribution in [3.63, 3.8) is 0 Å². The molecule has 2 aromatic rings. The first kappa shape index (κ1) is 18.9. The zero-order chi connectivity index (χ0) is 18.3. The SMILES string of the molecule is CN(CC(=O)OCCOc1ccccc1)S(=O)(=O)c1ccc(F)cc1. The van der Waals surface area contributed by atoms with Gasteiger partial charge in [-0.25, -0.2) is 12.8 Å². The molecule has 0 saturated heterocycles. The molecule has 0 amide bonds. The van der Waals surface area contributed by atoms with Crippen LogP contribution in [0.2, 0.25) is 0 Å². The summed E-state index contributed by atoms with van der Waals surface area (Å²) in [4.78, 5) is 11.7. The summed E-state index contributed by atoms with van der Waals surface area (Å²) in [6.45, 7) is -0.298. The minimum atomic E-state index is -3.89. The van der Waals surface area contributed by atoms with E-state index in [0.717, 1.165) is 28.6 Å². The van der Waals surface area contributed by atoms with Gasteiger partial charge in [-0.3, -0.25) is 4.79 Å². The molecule has 25 heavy (non-hydrogen) atoms. The van der Waals surface area contributed by atoms with Crippen LogP contribution in [0.3, 0.4) is 0 Å². The Labute approximate surface area is 145 Å². The zero-order valence-corrected chi connectivity index (χ0v) is 14.4. The molecule has 0 fully saturated rings. The first-order valence-corrected chi connectivity index (χ1v) is 8.89. The van der Waals surface area contributed by atoms with Crippen LogP contribution >= 0.6 is 0 Å². The molecule has 0 aromatic heterocycles. The van der Waals surface area contributed by atoms with Crippen molar-refractivity contribution in [3.05, 3.63) is 60.4 Å². The van der Waals surface area contributed by atoms with Gasteiger partial charge in [0.2, 0.25) is 10.0 Å². The van der Waals surface area contributed by atoms with Crippen molar-refractivity contribution in [3.8, 4) is 5.75 Å². The molecule has 0 radical (unpaired) electrons. The summed E-state index contributed by atoms with van der Waals surface area (Å²) in [7, 11) is -2.64. The van der Waals surface area contributed by atoms with Crippen LogP contribution < -0.4 is 4.74 Å². The number of carbonyl (C=O) groups is 1. The molecular weight excluding hydrogens is 349 g/mol. The second kappa shape index (κ2) is 8.59. The highest BCUT2D eigenvalue weighted by Crippen LogP contribution is 2.14. The Bertz CT molecular complexity index is 794. The maximum Gasteiger partial charge on any atom is 0.321 e. The molecule has 0 unspecified atom stereocenters. The maximum atomic E-state index is 12.9. The molecule has 8 heteroatoms. The van der Waals surface area contributed by atoms with E-state index in [4.69, 9.17) is 9.47 Å². The highest BCUT2D eigenvalue weighted by Gasteiger charge is 2.23. The molecule has 134 valence electrons. The first-order chi connectivity index (χ1) is 11.9. The number of nitrogens with zero attached hydrogens (tertiary/aromatic N) is 1. The second-order valence-corrected chi connectivity index (χ2v) is 7.14. The first-order valence-electron chi connectivity index (χ1n) is 7.45. The third-order valence-corrected chi connectivity index (χ3v) is 5.05. The van der Waals surface area contributed by atoms with Crippen molar-refractivity contribution >= 4 is 16.0 Å². The summed E-state index contributed by atoms with van der Waals surface area (Å²) in [5, 5.41) is 0. The average Bonchev–Trinajstić information content (AvgIpc) is 2.60. The number of ether oxygens (including phenoxy) is 2. The molecule has 0 saturated carbocycles. The second-order valence-electron chi connectivity index (χ2n) is 5.10. The predicted octanol–water partition coefficient (Wildman–Crippen LogP) is 2.07. The molecule has 0 aliphatic carbocycles. The normalized spacial score (nSPS) is 11.3. The third-order valence-electron chi connectivity index (χ3n) is 3.23. The molecule has 6 nitrogen and oxygen atoms in total. The lowest BCUT2D eigenvalue weighted by atomic mass is 10.3. The van der Waals surface area contributed by atoms with Gasteiger partial charge in [0.05, 0.1) is 4.90 Å². The smallest absolute Gasteiger partial charge is 0.321 e. The van der Waals surface area contributed by atoms with Gasteiger partial charge in [0, 0.05) is 7.05 Å². The Morgan fingerprint density at radius 3 is 2.32 bits per heavy atom. The minimum absolute atomic E-state index is 0.00182. The fraction of sp³-hybridized carbons (Fsp3) is 0.235. The number of halogens is 1. The highest BCUT2D eigenvalue weighted by molar-refractivity contribution is 7.89. The fourth-order valence-electron chi connectivity index (χ4n) is 1.93. The average molecular weight is 367 g/mol. The van der Waals surface area contributed by atoms with E-state index >= 15 is 0 Å². The number of benzene rings is 2. The summed E-state index contributed by atoms with van der Waals surface area (Å²) >= 11 is 0. The van der Waals surface area contributed by atoms with Gasteiger partial charge in [0.25, 0.3) is 0 Å². The van der Waals surface area contributed by atoms with E-state index in [1.165, 1.54) is 7.05 Å². The van der Waals surface area contributed by atoms with E-state index in [1.807, 2.05) is 18.2 Å². The van der Waals surface area contributed by atoms with Crippen molar-refractivity contribution in [2.75, 3.05) is 26.8 Å². The van der Waals surface area contributed by atoms with Gasteiger partial charge in [-0.2, -0.15) is 4.31 Å². The Morgan fingerprint density at radius 1 is 1.04 bits per heavy atom. The number of hydrogen-bond donors (Lipinski definition) is 0. The van der Waals surface area contributed by atoms with E-state index < -0.39 is 28.4 Å². The van der Waals surface area contributed by atoms with Gasteiger partial charge in [0.1, 0.15) is 31.3 Å². The number of esters is 1. The van der Waals surface area contributed by atoms with E-state index in [1.54, 1.807) is 12.1 Å². The van der Waals surface area contributed by atoms with Crippen LogP contribution in [-0.4, -0.2) is 45.5 Å². The van der Waals surface area contributed by atoms with Crippen molar-refractivity contribution in [1.82, 2.24) is 4.31 Å². The van der Waals surface area contributed by atoms with Gasteiger partial charge in [-0.1, -0.05) is 18.2 Å². The van der Waals surface area contributed by atoms with Crippen LogP contribution in [0.25, 0.3) is 0 Å². The molecule has 0 aliphatic heterocycles. The molecule has 0 atom stereocenters. The van der Waals surface area contributed by atoms with Crippen LogP contribution in [0.1, 0.15) is 0 Å². The van der Waals surface area contributed by atoms with E-state index in [0.29, 0.717) is 5.75 Å². The maximum absolute atomic E-state index is 12.9. The van der Waals surface area contributed by atoms with Gasteiger partial charge >= 0.3 is 5.97 Å². The molecule has 0 spiro atoms. The van der Waals surface area contributed by atoms with E-state index in [9.17, 15) is 17.6 Å². The van der Waals surface area contributed by atoms with E-state index in [-0.39, 0.29) is 18.1 Å². The summed E-state index contributed by atoms with van der Waals surface area (Å²) in [6, 6.07) is 13.4. The zero-order valence-electron chi connectivity index (χ0n) is 13.6. The lowest BCUT2D eigenvalue weighted by Gasteiger charge is -2.16. The number of carbonyl (C=O) groups excluding carboxylic acids is 1. The molecule has 2 aromatic carbocycles. The van der Waals surface area contributed by atoms with Gasteiger partial charge in [0.15, 0.2) is 0 Å². The number of rotatable bonds is 8. The fourth-order valence-corrected chi connectivity index (χ4v) is 3.05. The van der Waals surface area contributed by atoms with Crippen molar-refractivity contribution in [1.29, 1.82) is 0 Å². The largest absolute Gasteiger partial charge is 0.490 e. The number of sulfonamides is 1. The van der Waals surface area contributed by atoms with Crippen LogP contribution in [-0.2, 0) is 19.6 Å². The van der Waals surface area contributed by atoms with Crippen LogP contribution in [0, 0.1) is 5.82 Å². The summed E-state index contributed by atoms with van der Waals surface area (Å²) in [5.41, 5.74) is 0. The minimum Gasteiger partial charge on any atom is -0.490 e. The predicted molar refractivity (Wildman–Crippen MR) is 89.1 cm³/mol. The Morgan fingerprint density at radius 2 is 1.68 bits per heavy atom. The molecule has 0 aliphatic rings. The quantitative estimate of drug-likeness (QED) is 0.528. The van der Waals surface area contributed by atoms with Gasteiger partial charge < -0.3 is 9.47 Å².